The fourth-order valence-electron chi connectivity index (χ4n) is 2.94. The van der Waals surface area contributed by atoms with Crippen LogP contribution < -0.4 is 5.32 Å². The second-order valence-corrected chi connectivity index (χ2v) is 8.02. The van der Waals surface area contributed by atoms with E-state index in [1.165, 1.54) is 10.6 Å². The van der Waals surface area contributed by atoms with Crippen molar-refractivity contribution in [3.63, 3.8) is 0 Å². The summed E-state index contributed by atoms with van der Waals surface area (Å²) in [4.78, 5) is 13.3. The van der Waals surface area contributed by atoms with Crippen molar-refractivity contribution in [3.8, 4) is 0 Å². The topological polar surface area (TPSA) is 88.1 Å². The van der Waals surface area contributed by atoms with Crippen LogP contribution in [-0.4, -0.2) is 47.0 Å². The summed E-state index contributed by atoms with van der Waals surface area (Å²) in [5, 5.41) is 3.21. The lowest BCUT2D eigenvalue weighted by Gasteiger charge is -2.31. The minimum absolute atomic E-state index is 0.0227. The summed E-state index contributed by atoms with van der Waals surface area (Å²) in [6.07, 6.45) is 6.22. The van der Waals surface area contributed by atoms with Gasteiger partial charge in [0.1, 0.15) is 5.82 Å². The molecular weight excluding hydrogens is 326 g/mol. The van der Waals surface area contributed by atoms with Crippen LogP contribution in [0.2, 0.25) is 0 Å². The van der Waals surface area contributed by atoms with Gasteiger partial charge in [0.2, 0.25) is 10.0 Å². The van der Waals surface area contributed by atoms with Crippen molar-refractivity contribution in [1.29, 1.82) is 0 Å². The molecule has 1 N–H and O–H groups in total. The molecule has 1 unspecified atom stereocenters. The number of aromatic nitrogens is 3. The van der Waals surface area contributed by atoms with Crippen molar-refractivity contribution in [2.24, 2.45) is 0 Å². The molecule has 1 aliphatic heterocycles. The van der Waals surface area contributed by atoms with E-state index >= 15 is 0 Å². The van der Waals surface area contributed by atoms with Gasteiger partial charge in [-0.25, -0.2) is 22.7 Å². The zero-order valence-electron chi connectivity index (χ0n) is 13.8. The van der Waals surface area contributed by atoms with Gasteiger partial charge in [-0.15, -0.1) is 0 Å². The van der Waals surface area contributed by atoms with Crippen LogP contribution in [0.5, 0.6) is 0 Å². The van der Waals surface area contributed by atoms with Gasteiger partial charge in [0.05, 0.1) is 11.9 Å². The molecule has 0 spiro atoms. The van der Waals surface area contributed by atoms with Gasteiger partial charge in [-0.1, -0.05) is 6.07 Å². The van der Waals surface area contributed by atoms with E-state index in [0.29, 0.717) is 24.7 Å². The Morgan fingerprint density at radius 1 is 1.25 bits per heavy atom. The Bertz CT molecular complexity index is 825. The van der Waals surface area contributed by atoms with E-state index in [0.717, 1.165) is 24.2 Å². The molecule has 2 aromatic heterocycles. The van der Waals surface area contributed by atoms with Crippen molar-refractivity contribution >= 4 is 21.7 Å². The number of sulfonamides is 1. The van der Waals surface area contributed by atoms with E-state index in [4.69, 9.17) is 0 Å². The van der Waals surface area contributed by atoms with E-state index in [9.17, 15) is 8.42 Å². The Morgan fingerprint density at radius 3 is 2.79 bits per heavy atom. The maximum Gasteiger partial charge on any atom is 0.211 e. The average molecular weight is 347 g/mol. The fourth-order valence-corrected chi connectivity index (χ4v) is 3.86. The number of piperidine rings is 1. The molecule has 0 amide bonds. The van der Waals surface area contributed by atoms with Crippen LogP contribution >= 0.6 is 0 Å². The third-order valence-corrected chi connectivity index (χ3v) is 5.37. The molecule has 1 aliphatic rings. The molecule has 8 heteroatoms. The lowest BCUT2D eigenvalue weighted by molar-refractivity contribution is 0.314. The smallest absolute Gasteiger partial charge is 0.211 e. The number of pyridine rings is 1. The van der Waals surface area contributed by atoms with Gasteiger partial charge in [0.25, 0.3) is 0 Å². The summed E-state index contributed by atoms with van der Waals surface area (Å²) in [6, 6.07) is 5.72. The number of rotatable bonds is 4. The summed E-state index contributed by atoms with van der Waals surface area (Å²) < 4.78 is 25.2. The molecular formula is C16H21N5O2S. The Balaban J connectivity index is 1.86. The van der Waals surface area contributed by atoms with E-state index in [2.05, 4.69) is 20.3 Å². The molecule has 1 fully saturated rings. The molecule has 24 heavy (non-hydrogen) atoms. The molecule has 0 aromatic carbocycles. The first-order chi connectivity index (χ1) is 11.4. The van der Waals surface area contributed by atoms with Gasteiger partial charge < -0.3 is 5.32 Å². The van der Waals surface area contributed by atoms with Gasteiger partial charge >= 0.3 is 0 Å². The van der Waals surface area contributed by atoms with Crippen molar-refractivity contribution in [2.45, 2.75) is 25.7 Å². The predicted octanol–water partition coefficient (Wildman–Crippen LogP) is 2.06. The lowest BCUT2D eigenvalue weighted by atomic mass is 9.95. The minimum Gasteiger partial charge on any atom is -0.323 e. The number of nitrogens with one attached hydrogen (secondary N) is 1. The van der Waals surface area contributed by atoms with Crippen LogP contribution in [-0.2, 0) is 10.0 Å². The third-order valence-electron chi connectivity index (χ3n) is 4.10. The van der Waals surface area contributed by atoms with Crippen LogP contribution in [0.3, 0.4) is 0 Å². The SMILES string of the molecule is Cc1cccc(Nc2nccnc2C2CCCN(S(C)(=O)=O)C2)n1. The van der Waals surface area contributed by atoms with Crippen LogP contribution in [0.15, 0.2) is 30.6 Å². The maximum atomic E-state index is 11.8. The standard InChI is InChI=1S/C16H21N5O2S/c1-12-5-3-7-14(19-12)20-16-15(17-8-9-18-16)13-6-4-10-21(11-13)24(2,22)23/h3,5,7-9,13H,4,6,10-11H2,1-2H3,(H,18,19,20). The molecule has 1 saturated heterocycles. The van der Waals surface area contributed by atoms with Gasteiger partial charge in [0, 0.05) is 37.1 Å². The zero-order valence-corrected chi connectivity index (χ0v) is 14.6. The molecule has 1 atom stereocenters. The quantitative estimate of drug-likeness (QED) is 0.911. The molecule has 0 saturated carbocycles. The first-order valence-corrected chi connectivity index (χ1v) is 9.75. The van der Waals surface area contributed by atoms with Crippen molar-refractivity contribution in [1.82, 2.24) is 19.3 Å². The number of hydrogen-bond donors (Lipinski definition) is 1. The van der Waals surface area contributed by atoms with E-state index < -0.39 is 10.0 Å². The molecule has 7 nitrogen and oxygen atoms in total. The number of hydrogen-bond acceptors (Lipinski definition) is 6. The first-order valence-electron chi connectivity index (χ1n) is 7.90. The summed E-state index contributed by atoms with van der Waals surface area (Å²) in [5.41, 5.74) is 1.69. The largest absolute Gasteiger partial charge is 0.323 e. The summed E-state index contributed by atoms with van der Waals surface area (Å²) >= 11 is 0. The van der Waals surface area contributed by atoms with E-state index in [1.807, 2.05) is 25.1 Å². The fraction of sp³-hybridized carbons (Fsp3) is 0.438. The highest BCUT2D eigenvalue weighted by atomic mass is 32.2. The van der Waals surface area contributed by atoms with Crippen molar-refractivity contribution in [3.05, 3.63) is 42.0 Å². The van der Waals surface area contributed by atoms with Crippen LogP contribution in [0.4, 0.5) is 11.6 Å². The summed E-state index contributed by atoms with van der Waals surface area (Å²) in [7, 11) is -3.19. The van der Waals surface area contributed by atoms with E-state index in [-0.39, 0.29) is 5.92 Å². The second-order valence-electron chi connectivity index (χ2n) is 6.04. The summed E-state index contributed by atoms with van der Waals surface area (Å²) in [5.74, 6) is 1.36. The molecule has 3 rings (SSSR count). The highest BCUT2D eigenvalue weighted by Gasteiger charge is 2.29. The number of aryl methyl sites for hydroxylation is 1. The lowest BCUT2D eigenvalue weighted by Crippen LogP contribution is -2.38. The van der Waals surface area contributed by atoms with Gasteiger partial charge in [-0.3, -0.25) is 4.98 Å². The molecule has 2 aromatic rings. The number of nitrogens with zero attached hydrogens (tertiary/aromatic N) is 4. The second kappa shape index (κ2) is 6.82. The van der Waals surface area contributed by atoms with Gasteiger partial charge in [-0.2, -0.15) is 0 Å². The number of anilines is 2. The van der Waals surface area contributed by atoms with Crippen LogP contribution in [0.25, 0.3) is 0 Å². The maximum absolute atomic E-state index is 11.8. The molecule has 3 heterocycles. The molecule has 0 radical (unpaired) electrons. The highest BCUT2D eigenvalue weighted by Crippen LogP contribution is 2.31. The average Bonchev–Trinajstić information content (AvgIpc) is 2.55. The Morgan fingerprint density at radius 2 is 2.04 bits per heavy atom. The first kappa shape index (κ1) is 16.8. The van der Waals surface area contributed by atoms with Crippen molar-refractivity contribution in [2.75, 3.05) is 24.7 Å². The van der Waals surface area contributed by atoms with Gasteiger partial charge in [-0.05, 0) is 31.9 Å². The highest BCUT2D eigenvalue weighted by molar-refractivity contribution is 7.88. The molecule has 0 bridgehead atoms. The normalized spacial score (nSPS) is 19.2. The molecule has 0 aliphatic carbocycles. The Hall–Kier alpha value is -2.06. The van der Waals surface area contributed by atoms with Gasteiger partial charge in [0.15, 0.2) is 5.82 Å². The summed E-state index contributed by atoms with van der Waals surface area (Å²) in [6.45, 7) is 2.93. The Kier molecular flexibility index (Phi) is 4.77. The monoisotopic (exact) mass is 347 g/mol. The Labute approximate surface area is 142 Å². The molecule has 128 valence electrons. The van der Waals surface area contributed by atoms with Crippen molar-refractivity contribution < 1.29 is 8.42 Å². The zero-order chi connectivity index (χ0) is 17.2. The predicted molar refractivity (Wildman–Crippen MR) is 92.7 cm³/mol. The van der Waals surface area contributed by atoms with Crippen LogP contribution in [0.1, 0.15) is 30.1 Å². The minimum atomic E-state index is -3.19. The van der Waals surface area contributed by atoms with E-state index in [1.54, 1.807) is 12.4 Å². The third kappa shape index (κ3) is 3.88. The van der Waals surface area contributed by atoms with Crippen LogP contribution in [0, 0.1) is 6.92 Å².